The molecule has 0 unspecified atom stereocenters. The molecule has 1 aromatic heterocycles. The standard InChI is InChI=1S/C8H13N3O/c1-8(2,3)11-5-4-6(12)10-7(11)9/h4-5H,1-3H3,(H2,9,10,12). The van der Waals surface area contributed by atoms with Crippen LogP contribution in [0.15, 0.2) is 17.1 Å². The first-order valence-electron chi connectivity index (χ1n) is 3.77. The van der Waals surface area contributed by atoms with Crippen LogP contribution in [0.4, 0.5) is 5.95 Å². The molecule has 12 heavy (non-hydrogen) atoms. The summed E-state index contributed by atoms with van der Waals surface area (Å²) in [6, 6.07) is 1.40. The summed E-state index contributed by atoms with van der Waals surface area (Å²) in [7, 11) is 0. The van der Waals surface area contributed by atoms with Crippen molar-refractivity contribution in [2.75, 3.05) is 5.73 Å². The van der Waals surface area contributed by atoms with Crippen LogP contribution in [-0.4, -0.2) is 9.55 Å². The Hall–Kier alpha value is -1.32. The third kappa shape index (κ3) is 1.64. The maximum absolute atomic E-state index is 10.8. The molecule has 0 aliphatic rings. The molecule has 0 aliphatic carbocycles. The van der Waals surface area contributed by atoms with Gasteiger partial charge in [-0.2, -0.15) is 4.98 Å². The normalized spacial score (nSPS) is 11.6. The van der Waals surface area contributed by atoms with E-state index < -0.39 is 0 Å². The van der Waals surface area contributed by atoms with E-state index in [4.69, 9.17) is 5.73 Å². The van der Waals surface area contributed by atoms with Crippen LogP contribution in [0, 0.1) is 0 Å². The van der Waals surface area contributed by atoms with Gasteiger partial charge in [0.1, 0.15) is 0 Å². The molecule has 0 radical (unpaired) electrons. The van der Waals surface area contributed by atoms with Crippen LogP contribution in [-0.2, 0) is 5.54 Å². The van der Waals surface area contributed by atoms with Crippen molar-refractivity contribution >= 4 is 5.95 Å². The summed E-state index contributed by atoms with van der Waals surface area (Å²) in [6.45, 7) is 5.99. The highest BCUT2D eigenvalue weighted by atomic mass is 16.1. The van der Waals surface area contributed by atoms with E-state index in [-0.39, 0.29) is 17.0 Å². The first-order valence-corrected chi connectivity index (χ1v) is 3.77. The van der Waals surface area contributed by atoms with Gasteiger partial charge in [0.15, 0.2) is 0 Å². The summed E-state index contributed by atoms with van der Waals surface area (Å²) in [6.07, 6.45) is 1.66. The second kappa shape index (κ2) is 2.62. The largest absolute Gasteiger partial charge is 0.369 e. The first kappa shape index (κ1) is 8.77. The Morgan fingerprint density at radius 2 is 2.08 bits per heavy atom. The lowest BCUT2D eigenvalue weighted by molar-refractivity contribution is 0.396. The first-order chi connectivity index (χ1) is 5.41. The number of aromatic nitrogens is 2. The monoisotopic (exact) mass is 167 g/mol. The highest BCUT2D eigenvalue weighted by Gasteiger charge is 2.14. The zero-order valence-electron chi connectivity index (χ0n) is 7.53. The minimum Gasteiger partial charge on any atom is -0.369 e. The van der Waals surface area contributed by atoms with E-state index in [1.807, 2.05) is 20.8 Å². The predicted octanol–water partition coefficient (Wildman–Crippen LogP) is 0.580. The zero-order chi connectivity index (χ0) is 9.35. The molecular weight excluding hydrogens is 154 g/mol. The van der Waals surface area contributed by atoms with E-state index >= 15 is 0 Å². The van der Waals surface area contributed by atoms with Crippen molar-refractivity contribution < 1.29 is 0 Å². The van der Waals surface area contributed by atoms with Crippen molar-refractivity contribution in [2.24, 2.45) is 0 Å². The molecule has 0 aliphatic heterocycles. The van der Waals surface area contributed by atoms with Crippen LogP contribution in [0.2, 0.25) is 0 Å². The Morgan fingerprint density at radius 1 is 1.50 bits per heavy atom. The van der Waals surface area contributed by atoms with E-state index in [9.17, 15) is 4.79 Å². The SMILES string of the molecule is CC(C)(C)n1ccc(=O)nc1N. The Morgan fingerprint density at radius 3 is 2.50 bits per heavy atom. The van der Waals surface area contributed by atoms with Gasteiger partial charge in [-0.3, -0.25) is 4.79 Å². The second-order valence-electron chi connectivity index (χ2n) is 3.66. The average Bonchev–Trinajstić information content (AvgIpc) is 1.83. The van der Waals surface area contributed by atoms with Crippen molar-refractivity contribution in [3.05, 3.63) is 22.6 Å². The molecule has 2 N–H and O–H groups in total. The molecule has 0 bridgehead atoms. The minimum absolute atomic E-state index is 0.134. The fraction of sp³-hybridized carbons (Fsp3) is 0.500. The number of nitrogens with zero attached hydrogens (tertiary/aromatic N) is 2. The van der Waals surface area contributed by atoms with E-state index in [2.05, 4.69) is 4.98 Å². The van der Waals surface area contributed by atoms with Crippen molar-refractivity contribution in [2.45, 2.75) is 26.3 Å². The number of anilines is 1. The van der Waals surface area contributed by atoms with Gasteiger partial charge in [0.25, 0.3) is 5.56 Å². The lowest BCUT2D eigenvalue weighted by atomic mass is 10.1. The number of hydrogen-bond acceptors (Lipinski definition) is 3. The molecule has 4 heteroatoms. The molecule has 4 nitrogen and oxygen atoms in total. The van der Waals surface area contributed by atoms with Gasteiger partial charge in [-0.15, -0.1) is 0 Å². The van der Waals surface area contributed by atoms with E-state index in [1.165, 1.54) is 6.07 Å². The van der Waals surface area contributed by atoms with Crippen LogP contribution in [0.5, 0.6) is 0 Å². The van der Waals surface area contributed by atoms with Gasteiger partial charge in [0.05, 0.1) is 0 Å². The quantitative estimate of drug-likeness (QED) is 0.614. The molecule has 0 amide bonds. The van der Waals surface area contributed by atoms with Gasteiger partial charge < -0.3 is 10.3 Å². The third-order valence-electron chi connectivity index (χ3n) is 1.56. The smallest absolute Gasteiger partial charge is 0.274 e. The van der Waals surface area contributed by atoms with Gasteiger partial charge in [0, 0.05) is 17.8 Å². The van der Waals surface area contributed by atoms with Gasteiger partial charge in [0.2, 0.25) is 5.95 Å². The molecule has 0 saturated heterocycles. The lowest BCUT2D eigenvalue weighted by Crippen LogP contribution is -2.27. The fourth-order valence-corrected chi connectivity index (χ4v) is 0.986. The summed E-state index contributed by atoms with van der Waals surface area (Å²) < 4.78 is 1.76. The summed E-state index contributed by atoms with van der Waals surface area (Å²) in [5, 5.41) is 0. The van der Waals surface area contributed by atoms with Crippen LogP contribution in [0.1, 0.15) is 20.8 Å². The van der Waals surface area contributed by atoms with Gasteiger partial charge >= 0.3 is 0 Å². The van der Waals surface area contributed by atoms with Crippen LogP contribution in [0.25, 0.3) is 0 Å². The average molecular weight is 167 g/mol. The number of rotatable bonds is 0. The minimum atomic E-state index is -0.298. The van der Waals surface area contributed by atoms with Crippen LogP contribution >= 0.6 is 0 Å². The van der Waals surface area contributed by atoms with Gasteiger partial charge in [-0.25, -0.2) is 0 Å². The van der Waals surface area contributed by atoms with Gasteiger partial charge in [-0.05, 0) is 20.8 Å². The van der Waals surface area contributed by atoms with Crippen molar-refractivity contribution in [1.82, 2.24) is 9.55 Å². The molecule has 0 fully saturated rings. The summed E-state index contributed by atoms with van der Waals surface area (Å²) in [4.78, 5) is 14.4. The highest BCUT2D eigenvalue weighted by Crippen LogP contribution is 2.14. The van der Waals surface area contributed by atoms with Gasteiger partial charge in [-0.1, -0.05) is 0 Å². The molecule has 0 saturated carbocycles. The summed E-state index contributed by atoms with van der Waals surface area (Å²) in [5.74, 6) is 0.259. The molecule has 0 aromatic carbocycles. The van der Waals surface area contributed by atoms with Crippen LogP contribution < -0.4 is 11.3 Å². The lowest BCUT2D eigenvalue weighted by Gasteiger charge is -2.23. The van der Waals surface area contributed by atoms with Crippen molar-refractivity contribution in [3.8, 4) is 0 Å². The van der Waals surface area contributed by atoms with E-state index in [0.717, 1.165) is 0 Å². The maximum Gasteiger partial charge on any atom is 0.274 e. The summed E-state index contributed by atoms with van der Waals surface area (Å²) >= 11 is 0. The Labute approximate surface area is 71.0 Å². The summed E-state index contributed by atoms with van der Waals surface area (Å²) in [5.41, 5.74) is 5.13. The Bertz CT molecular complexity index is 335. The second-order valence-corrected chi connectivity index (χ2v) is 3.66. The van der Waals surface area contributed by atoms with Crippen molar-refractivity contribution in [1.29, 1.82) is 0 Å². The number of nitrogen functional groups attached to an aromatic ring is 1. The molecule has 66 valence electrons. The third-order valence-corrected chi connectivity index (χ3v) is 1.56. The predicted molar refractivity (Wildman–Crippen MR) is 47.9 cm³/mol. The Kier molecular flexibility index (Phi) is 1.92. The molecule has 1 aromatic rings. The maximum atomic E-state index is 10.8. The number of hydrogen-bond donors (Lipinski definition) is 1. The zero-order valence-corrected chi connectivity index (χ0v) is 7.53. The number of nitrogens with two attached hydrogens (primary N) is 1. The van der Waals surface area contributed by atoms with Crippen LogP contribution in [0.3, 0.4) is 0 Å². The molecule has 0 atom stereocenters. The molecular formula is C8H13N3O. The van der Waals surface area contributed by atoms with Crippen molar-refractivity contribution in [3.63, 3.8) is 0 Å². The van der Waals surface area contributed by atoms with E-state index in [0.29, 0.717) is 0 Å². The molecule has 1 heterocycles. The Balaban J connectivity index is 3.28. The molecule has 0 spiro atoms. The fourth-order valence-electron chi connectivity index (χ4n) is 0.986. The topological polar surface area (TPSA) is 60.9 Å². The highest BCUT2D eigenvalue weighted by molar-refractivity contribution is 5.18. The van der Waals surface area contributed by atoms with E-state index in [1.54, 1.807) is 10.8 Å². The molecule has 1 rings (SSSR count).